The molecular formula is C29H40O2. The van der Waals surface area contributed by atoms with Gasteiger partial charge in [-0.25, -0.2) is 0 Å². The summed E-state index contributed by atoms with van der Waals surface area (Å²) in [6, 6.07) is 20.9. The molecule has 3 unspecified atom stereocenters. The summed E-state index contributed by atoms with van der Waals surface area (Å²) in [5, 5.41) is 10.4. The first-order valence-electron chi connectivity index (χ1n) is 12.3. The molecule has 2 aromatic rings. The van der Waals surface area contributed by atoms with Crippen LogP contribution in [0.4, 0.5) is 0 Å². The minimum atomic E-state index is -0.625. The molecule has 1 fully saturated rings. The topological polar surface area (TPSA) is 37.3 Å². The lowest BCUT2D eigenvalue weighted by Gasteiger charge is -2.45. The van der Waals surface area contributed by atoms with Gasteiger partial charge in [0.25, 0.3) is 0 Å². The van der Waals surface area contributed by atoms with Crippen molar-refractivity contribution in [1.82, 2.24) is 0 Å². The standard InChI is InChI=1S/C29H40O2/c1-3-26(20-19-23-13-7-4-8-14-23)29(2,22-25-17-11-6-12-18-25)27(28(30)31)21-24-15-9-5-10-16-24/h4-5,7-10,13-16,25-27H,3,6,11-12,17-22H2,1-2H3,(H,30,31). The van der Waals surface area contributed by atoms with Crippen molar-refractivity contribution in [3.63, 3.8) is 0 Å². The Morgan fingerprint density at radius 3 is 2.10 bits per heavy atom. The first-order chi connectivity index (χ1) is 15.0. The average Bonchev–Trinajstić information content (AvgIpc) is 2.79. The maximum absolute atomic E-state index is 12.7. The highest BCUT2D eigenvalue weighted by Crippen LogP contribution is 2.48. The van der Waals surface area contributed by atoms with Crippen LogP contribution in [0.25, 0.3) is 0 Å². The Labute approximate surface area is 189 Å². The zero-order valence-electron chi connectivity index (χ0n) is 19.4. The smallest absolute Gasteiger partial charge is 0.307 e. The molecule has 0 radical (unpaired) electrons. The number of benzene rings is 2. The fourth-order valence-electron chi connectivity index (χ4n) is 6.04. The fourth-order valence-corrected chi connectivity index (χ4v) is 6.04. The molecule has 3 atom stereocenters. The molecule has 3 rings (SSSR count). The van der Waals surface area contributed by atoms with E-state index in [1.54, 1.807) is 0 Å². The Kier molecular flexibility index (Phi) is 8.75. The summed E-state index contributed by atoms with van der Waals surface area (Å²) >= 11 is 0. The Hall–Kier alpha value is -2.09. The summed E-state index contributed by atoms with van der Waals surface area (Å²) in [5.74, 6) is 0.0967. The molecule has 1 saturated carbocycles. The van der Waals surface area contributed by atoms with Gasteiger partial charge in [-0.05, 0) is 54.1 Å². The van der Waals surface area contributed by atoms with Gasteiger partial charge in [-0.1, -0.05) is 113 Å². The summed E-state index contributed by atoms with van der Waals surface area (Å²) in [7, 11) is 0. The minimum absolute atomic E-state index is 0.201. The van der Waals surface area contributed by atoms with Crippen LogP contribution >= 0.6 is 0 Å². The molecule has 2 heteroatoms. The third-order valence-electron chi connectivity index (χ3n) is 7.88. The van der Waals surface area contributed by atoms with Gasteiger partial charge >= 0.3 is 5.97 Å². The molecule has 1 aliphatic rings. The predicted molar refractivity (Wildman–Crippen MR) is 129 cm³/mol. The lowest BCUT2D eigenvalue weighted by molar-refractivity contribution is -0.149. The molecule has 0 spiro atoms. The quantitative estimate of drug-likeness (QED) is 0.407. The van der Waals surface area contributed by atoms with Crippen molar-refractivity contribution in [2.45, 2.75) is 78.1 Å². The van der Waals surface area contributed by atoms with Crippen LogP contribution in [-0.2, 0) is 17.6 Å². The van der Waals surface area contributed by atoms with Crippen LogP contribution in [0, 0.1) is 23.2 Å². The lowest BCUT2D eigenvalue weighted by Crippen LogP contribution is -2.43. The highest BCUT2D eigenvalue weighted by atomic mass is 16.4. The van der Waals surface area contributed by atoms with E-state index in [2.05, 4.69) is 56.3 Å². The third kappa shape index (κ3) is 6.45. The lowest BCUT2D eigenvalue weighted by atomic mass is 9.59. The number of carboxylic acid groups (broad SMARTS) is 1. The number of carbonyl (C=O) groups is 1. The molecule has 0 bridgehead atoms. The molecule has 0 amide bonds. The predicted octanol–water partition coefficient (Wildman–Crippen LogP) is 7.57. The highest BCUT2D eigenvalue weighted by molar-refractivity contribution is 5.71. The van der Waals surface area contributed by atoms with Crippen molar-refractivity contribution in [2.75, 3.05) is 0 Å². The van der Waals surface area contributed by atoms with Crippen LogP contribution in [0.3, 0.4) is 0 Å². The van der Waals surface area contributed by atoms with Gasteiger partial charge in [-0.2, -0.15) is 0 Å². The van der Waals surface area contributed by atoms with Crippen LogP contribution in [-0.4, -0.2) is 11.1 Å². The van der Waals surface area contributed by atoms with Gasteiger partial charge in [-0.15, -0.1) is 0 Å². The molecule has 31 heavy (non-hydrogen) atoms. The number of aryl methyl sites for hydroxylation is 1. The second kappa shape index (κ2) is 11.5. The van der Waals surface area contributed by atoms with Gasteiger partial charge in [-0.3, -0.25) is 4.79 Å². The molecule has 1 N–H and O–H groups in total. The summed E-state index contributed by atoms with van der Waals surface area (Å²) < 4.78 is 0. The molecule has 0 heterocycles. The Bertz CT molecular complexity index is 779. The van der Waals surface area contributed by atoms with E-state index >= 15 is 0 Å². The van der Waals surface area contributed by atoms with Crippen LogP contribution in [0.1, 0.15) is 76.3 Å². The van der Waals surface area contributed by atoms with Crippen molar-refractivity contribution >= 4 is 5.97 Å². The normalized spacial score (nSPS) is 18.8. The molecule has 0 saturated heterocycles. The van der Waals surface area contributed by atoms with Crippen molar-refractivity contribution in [3.8, 4) is 0 Å². The maximum atomic E-state index is 12.7. The van der Waals surface area contributed by atoms with E-state index in [9.17, 15) is 9.90 Å². The van der Waals surface area contributed by atoms with E-state index in [-0.39, 0.29) is 11.3 Å². The van der Waals surface area contributed by atoms with Gasteiger partial charge in [0.1, 0.15) is 0 Å². The summed E-state index contributed by atoms with van der Waals surface area (Å²) in [5.41, 5.74) is 2.30. The molecule has 2 aromatic carbocycles. The molecule has 1 aliphatic carbocycles. The summed E-state index contributed by atoms with van der Waals surface area (Å²) in [4.78, 5) is 12.7. The fraction of sp³-hybridized carbons (Fsp3) is 0.552. The number of carboxylic acids is 1. The van der Waals surface area contributed by atoms with E-state index < -0.39 is 5.97 Å². The van der Waals surface area contributed by atoms with Crippen molar-refractivity contribution in [2.24, 2.45) is 23.2 Å². The molecule has 168 valence electrons. The van der Waals surface area contributed by atoms with Gasteiger partial charge in [0.2, 0.25) is 0 Å². The first-order valence-corrected chi connectivity index (χ1v) is 12.3. The van der Waals surface area contributed by atoms with Crippen LogP contribution < -0.4 is 0 Å². The number of hydrogen-bond donors (Lipinski definition) is 1. The Morgan fingerprint density at radius 1 is 0.968 bits per heavy atom. The highest BCUT2D eigenvalue weighted by Gasteiger charge is 2.45. The number of aliphatic carboxylic acids is 1. The van der Waals surface area contributed by atoms with Gasteiger partial charge in [0.15, 0.2) is 0 Å². The molecule has 0 aliphatic heterocycles. The van der Waals surface area contributed by atoms with Gasteiger partial charge in [0.05, 0.1) is 5.92 Å². The second-order valence-corrected chi connectivity index (χ2v) is 9.92. The average molecular weight is 421 g/mol. The zero-order chi connectivity index (χ0) is 22.1. The third-order valence-corrected chi connectivity index (χ3v) is 7.88. The van der Waals surface area contributed by atoms with Crippen LogP contribution in [0.2, 0.25) is 0 Å². The minimum Gasteiger partial charge on any atom is -0.481 e. The SMILES string of the molecule is CCC(CCc1ccccc1)C(C)(CC1CCCCC1)C(Cc1ccccc1)C(=O)O. The second-order valence-electron chi connectivity index (χ2n) is 9.92. The Morgan fingerprint density at radius 2 is 1.55 bits per heavy atom. The molecule has 0 aromatic heterocycles. The van der Waals surface area contributed by atoms with E-state index in [4.69, 9.17) is 0 Å². The number of rotatable bonds is 11. The monoisotopic (exact) mass is 420 g/mol. The van der Waals surface area contributed by atoms with Crippen molar-refractivity contribution in [1.29, 1.82) is 0 Å². The zero-order valence-corrected chi connectivity index (χ0v) is 19.4. The number of hydrogen-bond acceptors (Lipinski definition) is 1. The van der Waals surface area contributed by atoms with E-state index in [1.165, 1.54) is 37.7 Å². The first kappa shape index (κ1) is 23.6. The van der Waals surface area contributed by atoms with E-state index in [1.807, 2.05) is 18.2 Å². The van der Waals surface area contributed by atoms with Crippen molar-refractivity contribution < 1.29 is 9.90 Å². The largest absolute Gasteiger partial charge is 0.481 e. The van der Waals surface area contributed by atoms with Crippen LogP contribution in [0.15, 0.2) is 60.7 Å². The molecular weight excluding hydrogens is 380 g/mol. The maximum Gasteiger partial charge on any atom is 0.307 e. The van der Waals surface area contributed by atoms with E-state index in [0.29, 0.717) is 18.3 Å². The van der Waals surface area contributed by atoms with Gasteiger partial charge in [0, 0.05) is 0 Å². The van der Waals surface area contributed by atoms with Gasteiger partial charge < -0.3 is 5.11 Å². The molecule has 2 nitrogen and oxygen atoms in total. The van der Waals surface area contributed by atoms with Crippen LogP contribution in [0.5, 0.6) is 0 Å². The Balaban J connectivity index is 1.87. The summed E-state index contributed by atoms with van der Waals surface area (Å²) in [6.45, 7) is 4.57. The van der Waals surface area contributed by atoms with E-state index in [0.717, 1.165) is 31.2 Å². The van der Waals surface area contributed by atoms with Crippen molar-refractivity contribution in [3.05, 3.63) is 71.8 Å². The summed E-state index contributed by atoms with van der Waals surface area (Å²) in [6.07, 6.45) is 11.3.